The first-order chi connectivity index (χ1) is 6.47. The van der Waals surface area contributed by atoms with Crippen molar-refractivity contribution in [1.82, 2.24) is 4.72 Å². The summed E-state index contributed by atoms with van der Waals surface area (Å²) in [5.41, 5.74) is 0. The van der Waals surface area contributed by atoms with Crippen molar-refractivity contribution in [2.75, 3.05) is 31.2 Å². The highest BCUT2D eigenvalue weighted by atomic mass is 32.3. The van der Waals surface area contributed by atoms with E-state index in [1.165, 1.54) is 31.3 Å². The van der Waals surface area contributed by atoms with Crippen LogP contribution in [0.2, 0.25) is 0 Å². The molecule has 0 aromatic carbocycles. The lowest BCUT2D eigenvalue weighted by Gasteiger charge is -2.19. The van der Waals surface area contributed by atoms with Crippen LogP contribution in [-0.2, 0) is 10.4 Å². The Morgan fingerprint density at radius 2 is 1.93 bits per heavy atom. The second-order valence-electron chi connectivity index (χ2n) is 3.87. The zero-order valence-electron chi connectivity index (χ0n) is 8.50. The third-order valence-electron chi connectivity index (χ3n) is 3.05. The van der Waals surface area contributed by atoms with Crippen molar-refractivity contribution in [2.24, 2.45) is 0 Å². The topological polar surface area (TPSA) is 46.2 Å². The van der Waals surface area contributed by atoms with Crippen molar-refractivity contribution in [3.05, 3.63) is 0 Å². The van der Waals surface area contributed by atoms with E-state index >= 15 is 0 Å². The predicted molar refractivity (Wildman–Crippen MR) is 59.3 cm³/mol. The van der Waals surface area contributed by atoms with Gasteiger partial charge in [0, 0.05) is 13.8 Å². The van der Waals surface area contributed by atoms with Crippen LogP contribution in [0, 0.1) is 0 Å². The van der Waals surface area contributed by atoms with Crippen molar-refractivity contribution in [2.45, 2.75) is 19.8 Å². The molecule has 1 fully saturated rings. The van der Waals surface area contributed by atoms with Gasteiger partial charge >= 0.3 is 10.4 Å². The summed E-state index contributed by atoms with van der Waals surface area (Å²) in [6, 6.07) is 0. The minimum atomic E-state index is -4.48. The fraction of sp³-hybridized carbons (Fsp3) is 1.00. The quantitative estimate of drug-likeness (QED) is 0.588. The first kappa shape index (κ1) is 12.3. The molecular weight excluding hydrogens is 224 g/mol. The Morgan fingerprint density at radius 3 is 2.36 bits per heavy atom. The van der Waals surface area contributed by atoms with Crippen molar-refractivity contribution in [1.29, 1.82) is 0 Å². The summed E-state index contributed by atoms with van der Waals surface area (Å²) >= 11 is 0. The van der Waals surface area contributed by atoms with Gasteiger partial charge in [-0.25, -0.2) is 0 Å². The molecule has 0 spiro atoms. The van der Waals surface area contributed by atoms with Crippen LogP contribution in [0.1, 0.15) is 19.8 Å². The predicted octanol–water partition coefficient (Wildman–Crippen LogP) is 1.62. The Hall–Kier alpha value is 0.270. The number of hydrogen-bond acceptors (Lipinski definition) is 2. The molecule has 0 amide bonds. The highest BCUT2D eigenvalue weighted by molar-refractivity contribution is 7.84. The van der Waals surface area contributed by atoms with Gasteiger partial charge in [-0.1, -0.05) is 3.89 Å². The van der Waals surface area contributed by atoms with Gasteiger partial charge in [0.1, 0.15) is 0 Å². The summed E-state index contributed by atoms with van der Waals surface area (Å²) in [6.45, 7) is 2.45. The summed E-state index contributed by atoms with van der Waals surface area (Å²) in [5, 5.41) is 0. The highest BCUT2D eigenvalue weighted by Gasteiger charge is 2.38. The summed E-state index contributed by atoms with van der Waals surface area (Å²) < 4.78 is 34.6. The molecule has 3 nitrogen and oxygen atoms in total. The molecule has 14 heavy (non-hydrogen) atoms. The summed E-state index contributed by atoms with van der Waals surface area (Å²) in [5.74, 6) is 0. The van der Waals surface area contributed by atoms with E-state index in [0.29, 0.717) is 0 Å². The number of nitrogens with one attached hydrogen (secondary N) is 1. The number of rotatable bonds is 5. The Morgan fingerprint density at radius 1 is 1.36 bits per heavy atom. The minimum absolute atomic E-state index is 0.278. The van der Waals surface area contributed by atoms with Crippen LogP contribution in [-0.4, -0.2) is 39.6 Å². The van der Waals surface area contributed by atoms with E-state index in [1.54, 1.807) is 0 Å². The fourth-order valence-corrected chi connectivity index (χ4v) is 6.60. The van der Waals surface area contributed by atoms with Gasteiger partial charge in [0.05, 0.1) is 24.6 Å². The number of hydrogen-bond donors (Lipinski definition) is 1. The van der Waals surface area contributed by atoms with Gasteiger partial charge in [-0.05, 0) is 19.8 Å². The standard InChI is InChI=1S/C8H18FNO2PS/c1-2-13(6-3-4-7-13)8-5-10-14(9,11)12/h10H,2-8H2,1H3/q+1. The maximum Gasteiger partial charge on any atom is 0.372 e. The third kappa shape index (κ3) is 3.79. The van der Waals surface area contributed by atoms with E-state index in [-0.39, 0.29) is 6.54 Å². The smallest absolute Gasteiger partial charge is 0.185 e. The van der Waals surface area contributed by atoms with Crippen molar-refractivity contribution in [3.8, 4) is 0 Å². The molecule has 0 aliphatic carbocycles. The van der Waals surface area contributed by atoms with Gasteiger partial charge < -0.3 is 0 Å². The zero-order chi connectivity index (χ0) is 10.7. The molecule has 84 valence electrons. The van der Waals surface area contributed by atoms with Crippen LogP contribution in [0.4, 0.5) is 3.89 Å². The molecule has 1 heterocycles. The Kier molecular flexibility index (Phi) is 4.29. The second kappa shape index (κ2) is 4.86. The van der Waals surface area contributed by atoms with E-state index < -0.39 is 17.7 Å². The van der Waals surface area contributed by atoms with Crippen LogP contribution in [0.25, 0.3) is 0 Å². The molecule has 1 aliphatic rings. The molecular formula is C8H18FNO2PS+. The fourth-order valence-electron chi connectivity index (χ4n) is 2.11. The van der Waals surface area contributed by atoms with Crippen LogP contribution in [0.15, 0.2) is 0 Å². The minimum Gasteiger partial charge on any atom is -0.185 e. The molecule has 6 heteroatoms. The van der Waals surface area contributed by atoms with Crippen molar-refractivity contribution in [3.63, 3.8) is 0 Å². The molecule has 0 bridgehead atoms. The molecule has 1 aliphatic heterocycles. The Labute approximate surface area is 86.1 Å². The lowest BCUT2D eigenvalue weighted by atomic mass is 10.4. The van der Waals surface area contributed by atoms with Gasteiger partial charge in [-0.3, -0.25) is 0 Å². The Bertz CT molecular complexity index is 275. The molecule has 1 saturated heterocycles. The maximum absolute atomic E-state index is 12.2. The van der Waals surface area contributed by atoms with Gasteiger partial charge in [0.2, 0.25) is 0 Å². The van der Waals surface area contributed by atoms with E-state index in [1.807, 2.05) is 4.72 Å². The van der Waals surface area contributed by atoms with Gasteiger partial charge in [-0.2, -0.15) is 13.1 Å². The molecule has 1 N–H and O–H groups in total. The number of halogens is 1. The highest BCUT2D eigenvalue weighted by Crippen LogP contribution is 2.62. The van der Waals surface area contributed by atoms with Gasteiger partial charge in [0.15, 0.2) is 0 Å². The van der Waals surface area contributed by atoms with Crippen molar-refractivity contribution < 1.29 is 12.3 Å². The molecule has 0 aromatic heterocycles. The van der Waals surface area contributed by atoms with Crippen LogP contribution < -0.4 is 4.72 Å². The van der Waals surface area contributed by atoms with Crippen molar-refractivity contribution >= 4 is 17.7 Å². The van der Waals surface area contributed by atoms with Gasteiger partial charge in [-0.15, -0.1) is 0 Å². The zero-order valence-corrected chi connectivity index (χ0v) is 10.2. The van der Waals surface area contributed by atoms with Crippen LogP contribution >= 0.6 is 7.26 Å². The summed E-state index contributed by atoms with van der Waals surface area (Å²) in [6.07, 6.45) is 7.09. The molecule has 0 atom stereocenters. The average Bonchev–Trinajstić information content (AvgIpc) is 2.52. The maximum atomic E-state index is 12.2. The first-order valence-corrected chi connectivity index (χ1v) is 8.93. The first-order valence-electron chi connectivity index (χ1n) is 5.02. The summed E-state index contributed by atoms with van der Waals surface area (Å²) in [7, 11) is -5.39. The molecule has 0 saturated carbocycles. The molecule has 0 radical (unpaired) electrons. The summed E-state index contributed by atoms with van der Waals surface area (Å²) in [4.78, 5) is 0. The van der Waals surface area contributed by atoms with Crippen LogP contribution in [0.5, 0.6) is 0 Å². The molecule has 1 rings (SSSR count). The third-order valence-corrected chi connectivity index (χ3v) is 8.64. The second-order valence-corrected chi connectivity index (χ2v) is 9.69. The molecule has 0 aromatic rings. The Balaban J connectivity index is 2.35. The average molecular weight is 242 g/mol. The largest absolute Gasteiger partial charge is 0.372 e. The van der Waals surface area contributed by atoms with Crippen LogP contribution in [0.3, 0.4) is 0 Å². The lowest BCUT2D eigenvalue weighted by molar-refractivity contribution is 0.538. The SMILES string of the molecule is CC[P+]1(CCNS(=O)(=O)F)CCCC1. The lowest BCUT2D eigenvalue weighted by Crippen LogP contribution is -2.24. The van der Waals surface area contributed by atoms with E-state index in [0.717, 1.165) is 6.16 Å². The normalized spacial score (nSPS) is 21.3. The monoisotopic (exact) mass is 242 g/mol. The van der Waals surface area contributed by atoms with Gasteiger partial charge in [0.25, 0.3) is 0 Å². The van der Waals surface area contributed by atoms with E-state index in [2.05, 4.69) is 6.92 Å². The van der Waals surface area contributed by atoms with E-state index in [4.69, 9.17) is 0 Å². The molecule has 0 unspecified atom stereocenters. The van der Waals surface area contributed by atoms with E-state index in [9.17, 15) is 12.3 Å².